The number of benzene rings is 1. The maximum Gasteiger partial charge on any atom is 0.289 e. The minimum absolute atomic E-state index is 0.139. The van der Waals surface area contributed by atoms with Gasteiger partial charge in [-0.05, 0) is 70.9 Å². The highest BCUT2D eigenvalue weighted by molar-refractivity contribution is 14.1. The molecule has 1 aromatic carbocycles. The third kappa shape index (κ3) is 12.2. The average Bonchev–Trinajstić information content (AvgIpc) is 3.44. The third-order valence-electron chi connectivity index (χ3n) is 6.94. The van der Waals surface area contributed by atoms with Gasteiger partial charge < -0.3 is 26.2 Å². The van der Waals surface area contributed by atoms with E-state index < -0.39 is 47.0 Å². The molecule has 0 bridgehead atoms. The Morgan fingerprint density at radius 3 is 1.98 bits per heavy atom. The topological polar surface area (TPSA) is 154 Å². The molecule has 4 N–H and O–H groups in total. The van der Waals surface area contributed by atoms with E-state index >= 15 is 0 Å². The fourth-order valence-electron chi connectivity index (χ4n) is 4.55. The van der Waals surface area contributed by atoms with Crippen molar-refractivity contribution in [1.29, 1.82) is 0 Å². The summed E-state index contributed by atoms with van der Waals surface area (Å²) in [7, 11) is 0. The molecular weight excluding hydrogens is 665 g/mol. The number of Topliss-reactive ketones (excluding diaryl/α,β-unsaturated/α-hetero) is 1. The van der Waals surface area contributed by atoms with Crippen LogP contribution in [0.4, 0.5) is 0 Å². The van der Waals surface area contributed by atoms with E-state index in [1.165, 1.54) is 6.92 Å². The molecule has 1 heterocycles. The van der Waals surface area contributed by atoms with Crippen LogP contribution in [0.2, 0.25) is 0 Å². The van der Waals surface area contributed by atoms with Crippen LogP contribution in [0, 0.1) is 14.4 Å². The Hall–Kier alpha value is -3.03. The van der Waals surface area contributed by atoms with Crippen LogP contribution in [0.15, 0.2) is 24.3 Å². The second kappa shape index (κ2) is 15.6. The summed E-state index contributed by atoms with van der Waals surface area (Å²) in [6.07, 6.45) is 1.56. The summed E-state index contributed by atoms with van der Waals surface area (Å²) in [6, 6.07) is 3.89. The number of nitrogens with one attached hydrogen (secondary N) is 4. The predicted octanol–water partition coefficient (Wildman–Crippen LogP) is 2.45. The molecule has 1 unspecified atom stereocenters. The molecule has 11 nitrogen and oxygen atoms in total. The molecule has 1 aliphatic rings. The van der Waals surface area contributed by atoms with Gasteiger partial charge in [0.1, 0.15) is 12.1 Å². The number of ketones is 1. The normalized spacial score (nSPS) is 15.6. The van der Waals surface area contributed by atoms with Crippen LogP contribution in [0.3, 0.4) is 0 Å². The minimum Gasteiger partial charge on any atom is -0.345 e. The number of halogens is 1. The van der Waals surface area contributed by atoms with E-state index in [2.05, 4.69) is 43.9 Å². The van der Waals surface area contributed by atoms with Gasteiger partial charge in [0, 0.05) is 29.6 Å². The lowest BCUT2D eigenvalue weighted by atomic mass is 9.85. The fourth-order valence-corrected chi connectivity index (χ4v) is 4.91. The van der Waals surface area contributed by atoms with Crippen molar-refractivity contribution < 1.29 is 28.8 Å². The lowest BCUT2D eigenvalue weighted by Crippen LogP contribution is -2.59. The zero-order valence-electron chi connectivity index (χ0n) is 26.3. The van der Waals surface area contributed by atoms with Crippen LogP contribution < -0.4 is 21.3 Å². The van der Waals surface area contributed by atoms with Gasteiger partial charge in [-0.3, -0.25) is 28.8 Å². The smallest absolute Gasteiger partial charge is 0.289 e. The number of amides is 5. The zero-order chi connectivity index (χ0) is 32.5. The van der Waals surface area contributed by atoms with Gasteiger partial charge in [-0.25, -0.2) is 0 Å². The van der Waals surface area contributed by atoms with Gasteiger partial charge in [0.25, 0.3) is 5.91 Å². The first-order chi connectivity index (χ1) is 19.9. The molecule has 1 saturated heterocycles. The van der Waals surface area contributed by atoms with Crippen LogP contribution in [0.25, 0.3) is 0 Å². The van der Waals surface area contributed by atoms with Gasteiger partial charge in [-0.1, -0.05) is 53.7 Å². The van der Waals surface area contributed by atoms with Gasteiger partial charge in [-0.15, -0.1) is 0 Å². The Bertz CT molecular complexity index is 1180. The van der Waals surface area contributed by atoms with Crippen molar-refractivity contribution in [3.63, 3.8) is 0 Å². The highest BCUT2D eigenvalue weighted by atomic mass is 127. The molecule has 238 valence electrons. The lowest BCUT2D eigenvalue weighted by molar-refractivity contribution is -0.141. The number of hydrogen-bond acceptors (Lipinski definition) is 6. The average molecular weight is 712 g/mol. The molecule has 43 heavy (non-hydrogen) atoms. The van der Waals surface area contributed by atoms with Gasteiger partial charge in [-0.2, -0.15) is 0 Å². The number of nitrogens with zero attached hydrogens (tertiary/aromatic N) is 1. The Labute approximate surface area is 268 Å². The third-order valence-corrected chi connectivity index (χ3v) is 7.66. The fraction of sp³-hybridized carbons (Fsp3) is 0.613. The van der Waals surface area contributed by atoms with Gasteiger partial charge >= 0.3 is 0 Å². The van der Waals surface area contributed by atoms with E-state index in [-0.39, 0.29) is 36.6 Å². The van der Waals surface area contributed by atoms with Crippen LogP contribution in [-0.4, -0.2) is 71.4 Å². The first kappa shape index (κ1) is 36.2. The number of rotatable bonds is 12. The van der Waals surface area contributed by atoms with Crippen molar-refractivity contribution in [3.8, 4) is 0 Å². The molecule has 0 aromatic heterocycles. The molecule has 12 heteroatoms. The number of carbonyl (C=O) groups is 6. The van der Waals surface area contributed by atoms with Crippen molar-refractivity contribution in [1.82, 2.24) is 26.2 Å². The second-order valence-electron chi connectivity index (χ2n) is 13.4. The van der Waals surface area contributed by atoms with Crippen molar-refractivity contribution in [2.45, 2.75) is 98.8 Å². The SMILES string of the molecule is CC(NC(=O)[C@H](CC(=O)N1CCCC1)NC(=O)[C@@H](NC(=O)CC(C)(C)C)C(C)(C)C)C(=O)C(=O)NCc1ccc(I)cc1. The quantitative estimate of drug-likeness (QED) is 0.193. The van der Waals surface area contributed by atoms with E-state index in [1.807, 2.05) is 45.0 Å². The summed E-state index contributed by atoms with van der Waals surface area (Å²) in [5.74, 6) is -3.76. The summed E-state index contributed by atoms with van der Waals surface area (Å²) in [5.41, 5.74) is -0.206. The van der Waals surface area contributed by atoms with Gasteiger partial charge in [0.15, 0.2) is 0 Å². The molecule has 0 radical (unpaired) electrons. The maximum absolute atomic E-state index is 13.5. The van der Waals surface area contributed by atoms with E-state index in [0.29, 0.717) is 13.1 Å². The van der Waals surface area contributed by atoms with Crippen molar-refractivity contribution in [3.05, 3.63) is 33.4 Å². The standard InChI is InChI=1S/C31H46IN5O6/c1-19(25(40)28(42)33-18-20-10-12-21(32)13-11-20)34-27(41)22(16-24(39)37-14-8-9-15-37)35-29(43)26(31(5,6)7)36-23(38)17-30(2,3)4/h10-13,19,22,26H,8-9,14-18H2,1-7H3,(H,33,42)(H,34,41)(H,35,43)(H,36,38)/t19?,22-,26+/m0/s1. The second-order valence-corrected chi connectivity index (χ2v) is 14.6. The van der Waals surface area contributed by atoms with E-state index in [1.54, 1.807) is 25.7 Å². The number of likely N-dealkylation sites (tertiary alicyclic amines) is 1. The van der Waals surface area contributed by atoms with Crippen LogP contribution >= 0.6 is 22.6 Å². The van der Waals surface area contributed by atoms with E-state index in [9.17, 15) is 28.8 Å². The Morgan fingerprint density at radius 2 is 1.44 bits per heavy atom. The van der Waals surface area contributed by atoms with Crippen LogP contribution in [-0.2, 0) is 35.3 Å². The minimum atomic E-state index is -1.32. The molecule has 0 aliphatic carbocycles. The monoisotopic (exact) mass is 711 g/mol. The molecule has 1 fully saturated rings. The van der Waals surface area contributed by atoms with Crippen molar-refractivity contribution in [2.24, 2.45) is 10.8 Å². The van der Waals surface area contributed by atoms with Crippen LogP contribution in [0.5, 0.6) is 0 Å². The summed E-state index contributed by atoms with van der Waals surface area (Å²) >= 11 is 2.17. The molecule has 3 atom stereocenters. The largest absolute Gasteiger partial charge is 0.345 e. The highest BCUT2D eigenvalue weighted by Gasteiger charge is 2.37. The summed E-state index contributed by atoms with van der Waals surface area (Å²) < 4.78 is 1.03. The van der Waals surface area contributed by atoms with Gasteiger partial charge in [0.2, 0.25) is 29.4 Å². The molecule has 0 saturated carbocycles. The lowest BCUT2D eigenvalue weighted by Gasteiger charge is -2.33. The molecule has 5 amide bonds. The zero-order valence-corrected chi connectivity index (χ0v) is 28.4. The predicted molar refractivity (Wildman–Crippen MR) is 171 cm³/mol. The summed E-state index contributed by atoms with van der Waals surface area (Å²) in [4.78, 5) is 79.6. The molecular formula is C31H46IN5O6. The Balaban J connectivity index is 2.15. The van der Waals surface area contributed by atoms with Crippen molar-refractivity contribution >= 4 is 57.9 Å². The van der Waals surface area contributed by atoms with Crippen LogP contribution in [0.1, 0.15) is 79.7 Å². The molecule has 1 aliphatic heterocycles. The first-order valence-electron chi connectivity index (χ1n) is 14.6. The van der Waals surface area contributed by atoms with Crippen molar-refractivity contribution in [2.75, 3.05) is 13.1 Å². The Kier molecular flexibility index (Phi) is 13.1. The number of carbonyl (C=O) groups excluding carboxylic acids is 6. The first-order valence-corrected chi connectivity index (χ1v) is 15.7. The van der Waals surface area contributed by atoms with E-state index in [4.69, 9.17) is 0 Å². The molecule has 1 aromatic rings. The Morgan fingerprint density at radius 1 is 0.860 bits per heavy atom. The highest BCUT2D eigenvalue weighted by Crippen LogP contribution is 2.23. The van der Waals surface area contributed by atoms with E-state index in [0.717, 1.165) is 22.0 Å². The summed E-state index contributed by atoms with van der Waals surface area (Å²) in [5, 5.41) is 10.5. The molecule has 0 spiro atoms. The molecule has 2 rings (SSSR count). The number of hydrogen-bond donors (Lipinski definition) is 4. The summed E-state index contributed by atoms with van der Waals surface area (Å²) in [6.45, 7) is 13.7. The van der Waals surface area contributed by atoms with Gasteiger partial charge in [0.05, 0.1) is 12.5 Å². The maximum atomic E-state index is 13.5.